The van der Waals surface area contributed by atoms with E-state index in [1.165, 1.54) is 11.3 Å². The van der Waals surface area contributed by atoms with Crippen LogP contribution in [0.25, 0.3) is 10.6 Å². The van der Waals surface area contributed by atoms with Crippen molar-refractivity contribution in [3.8, 4) is 10.6 Å². The summed E-state index contributed by atoms with van der Waals surface area (Å²) in [4.78, 5) is 15.1. The van der Waals surface area contributed by atoms with Crippen molar-refractivity contribution in [2.24, 2.45) is 0 Å². The lowest BCUT2D eigenvalue weighted by molar-refractivity contribution is 0.0738. The van der Waals surface area contributed by atoms with Crippen LogP contribution < -0.4 is 0 Å². The van der Waals surface area contributed by atoms with Crippen LogP contribution in [0.5, 0.6) is 0 Å². The smallest absolute Gasteiger partial charge is 0.276 e. The molecule has 0 saturated heterocycles. The van der Waals surface area contributed by atoms with Crippen LogP contribution in [0.1, 0.15) is 28.8 Å². The van der Waals surface area contributed by atoms with Gasteiger partial charge in [0.05, 0.1) is 11.4 Å². The third kappa shape index (κ3) is 2.77. The molecule has 3 aromatic rings. The van der Waals surface area contributed by atoms with Gasteiger partial charge in [0.25, 0.3) is 5.91 Å². The van der Waals surface area contributed by atoms with Crippen LogP contribution in [0.3, 0.4) is 0 Å². The second-order valence-corrected chi connectivity index (χ2v) is 5.62. The lowest BCUT2D eigenvalue weighted by Crippen LogP contribution is -2.30. The molecule has 0 aliphatic heterocycles. The molecular formula is C14H14N4O3S. The number of thiophene rings is 1. The van der Waals surface area contributed by atoms with Gasteiger partial charge < -0.3 is 9.42 Å². The van der Waals surface area contributed by atoms with E-state index in [0.717, 1.165) is 4.88 Å². The van der Waals surface area contributed by atoms with Crippen molar-refractivity contribution >= 4 is 17.2 Å². The van der Waals surface area contributed by atoms with Crippen molar-refractivity contribution < 1.29 is 13.9 Å². The Bertz CT molecular complexity index is 763. The Balaban J connectivity index is 1.78. The fourth-order valence-corrected chi connectivity index (χ4v) is 2.65. The van der Waals surface area contributed by atoms with Gasteiger partial charge in [-0.05, 0) is 25.3 Å². The first-order chi connectivity index (χ1) is 10.7. The molecule has 3 aromatic heterocycles. The maximum Gasteiger partial charge on any atom is 0.276 e. The van der Waals surface area contributed by atoms with Gasteiger partial charge >= 0.3 is 0 Å². The van der Waals surface area contributed by atoms with Crippen LogP contribution in [0.2, 0.25) is 0 Å². The van der Waals surface area contributed by atoms with Crippen LogP contribution in [-0.2, 0) is 6.54 Å². The number of carbonyl (C=O) groups is 1. The van der Waals surface area contributed by atoms with E-state index in [1.807, 2.05) is 24.4 Å². The fraction of sp³-hybridized carbons (Fsp3) is 0.286. The highest BCUT2D eigenvalue weighted by atomic mass is 32.1. The van der Waals surface area contributed by atoms with E-state index < -0.39 is 0 Å². The first kappa shape index (κ1) is 14.5. The highest BCUT2D eigenvalue weighted by molar-refractivity contribution is 7.13. The minimum Gasteiger partial charge on any atom is -0.355 e. The quantitative estimate of drug-likeness (QED) is 0.719. The van der Waals surface area contributed by atoms with Crippen molar-refractivity contribution in [2.45, 2.75) is 20.4 Å². The number of aromatic nitrogens is 3. The van der Waals surface area contributed by atoms with Crippen molar-refractivity contribution in [3.05, 3.63) is 40.7 Å². The predicted octanol–water partition coefficient (Wildman–Crippen LogP) is 2.76. The Morgan fingerprint density at radius 1 is 1.36 bits per heavy atom. The topological polar surface area (TPSA) is 85.3 Å². The summed E-state index contributed by atoms with van der Waals surface area (Å²) in [5, 5.41) is 13.3. The number of aryl methyl sites for hydroxylation is 1. The van der Waals surface area contributed by atoms with E-state index in [4.69, 9.17) is 4.52 Å². The van der Waals surface area contributed by atoms with Gasteiger partial charge in [0.15, 0.2) is 11.5 Å². The average molecular weight is 318 g/mol. The Morgan fingerprint density at radius 2 is 2.23 bits per heavy atom. The third-order valence-electron chi connectivity index (χ3n) is 3.25. The fourth-order valence-electron chi connectivity index (χ4n) is 1.97. The number of hydrogen-bond donors (Lipinski definition) is 0. The lowest BCUT2D eigenvalue weighted by atomic mass is 10.2. The Kier molecular flexibility index (Phi) is 4.01. The van der Waals surface area contributed by atoms with Crippen molar-refractivity contribution in [3.63, 3.8) is 0 Å². The van der Waals surface area contributed by atoms with Gasteiger partial charge in [-0.2, -0.15) is 0 Å². The largest absolute Gasteiger partial charge is 0.355 e. The summed E-state index contributed by atoms with van der Waals surface area (Å²) >= 11 is 1.53. The molecule has 0 aliphatic rings. The SMILES string of the molecule is CCN(Cc1nonc1C)C(=O)c1cc(-c2cccs2)on1. The highest BCUT2D eigenvalue weighted by Crippen LogP contribution is 2.25. The summed E-state index contributed by atoms with van der Waals surface area (Å²) in [5.74, 6) is 0.380. The van der Waals surface area contributed by atoms with Crippen molar-refractivity contribution in [1.82, 2.24) is 20.4 Å². The molecule has 0 spiro atoms. The first-order valence-electron chi connectivity index (χ1n) is 6.77. The minimum absolute atomic E-state index is 0.212. The number of carbonyl (C=O) groups excluding carboxylic acids is 1. The van der Waals surface area contributed by atoms with Gasteiger partial charge in [-0.3, -0.25) is 4.79 Å². The van der Waals surface area contributed by atoms with Crippen LogP contribution in [0, 0.1) is 6.92 Å². The third-order valence-corrected chi connectivity index (χ3v) is 4.13. The van der Waals surface area contributed by atoms with Crippen molar-refractivity contribution in [2.75, 3.05) is 6.54 Å². The van der Waals surface area contributed by atoms with E-state index in [2.05, 4.69) is 20.1 Å². The second-order valence-electron chi connectivity index (χ2n) is 4.67. The molecule has 7 nitrogen and oxygen atoms in total. The lowest BCUT2D eigenvalue weighted by Gasteiger charge is -2.17. The molecule has 0 aromatic carbocycles. The molecule has 8 heteroatoms. The monoisotopic (exact) mass is 318 g/mol. The van der Waals surface area contributed by atoms with Crippen LogP contribution in [0.4, 0.5) is 0 Å². The first-order valence-corrected chi connectivity index (χ1v) is 7.65. The molecule has 0 aliphatic carbocycles. The highest BCUT2D eigenvalue weighted by Gasteiger charge is 2.21. The van der Waals surface area contributed by atoms with E-state index in [0.29, 0.717) is 30.2 Å². The summed E-state index contributed by atoms with van der Waals surface area (Å²) in [7, 11) is 0. The van der Waals surface area contributed by atoms with Crippen LogP contribution in [-0.4, -0.2) is 32.8 Å². The molecule has 1 amide bonds. The van der Waals surface area contributed by atoms with Crippen molar-refractivity contribution in [1.29, 1.82) is 0 Å². The number of rotatable bonds is 5. The molecule has 0 fully saturated rings. The Morgan fingerprint density at radius 3 is 2.86 bits per heavy atom. The maximum atomic E-state index is 12.5. The normalized spacial score (nSPS) is 10.8. The zero-order valence-corrected chi connectivity index (χ0v) is 13.0. The molecule has 0 atom stereocenters. The number of amides is 1. The van der Waals surface area contributed by atoms with E-state index in [1.54, 1.807) is 17.9 Å². The summed E-state index contributed by atoms with van der Waals surface area (Å²) in [6.45, 7) is 4.52. The summed E-state index contributed by atoms with van der Waals surface area (Å²) in [6.07, 6.45) is 0. The average Bonchev–Trinajstić information content (AvgIpc) is 3.25. The predicted molar refractivity (Wildman–Crippen MR) is 79.3 cm³/mol. The molecule has 114 valence electrons. The second kappa shape index (κ2) is 6.10. The molecule has 0 bridgehead atoms. The summed E-state index contributed by atoms with van der Waals surface area (Å²) in [6, 6.07) is 5.49. The standard InChI is InChI=1S/C14H14N4O3S/c1-3-18(8-11-9(2)15-21-17-11)14(19)10-7-12(20-16-10)13-5-4-6-22-13/h4-7H,3,8H2,1-2H3. The molecule has 0 unspecified atom stereocenters. The van der Waals surface area contributed by atoms with E-state index >= 15 is 0 Å². The van der Waals surface area contributed by atoms with E-state index in [9.17, 15) is 4.79 Å². The van der Waals surface area contributed by atoms with Gasteiger partial charge in [-0.15, -0.1) is 11.3 Å². The summed E-state index contributed by atoms with van der Waals surface area (Å²) in [5.41, 5.74) is 1.59. The van der Waals surface area contributed by atoms with Gasteiger partial charge in [-0.1, -0.05) is 21.5 Å². The molecule has 3 heterocycles. The summed E-state index contributed by atoms with van der Waals surface area (Å²) < 4.78 is 9.91. The van der Waals surface area contributed by atoms with Crippen LogP contribution in [0.15, 0.2) is 32.7 Å². The number of hydrogen-bond acceptors (Lipinski definition) is 7. The minimum atomic E-state index is -0.212. The molecule has 22 heavy (non-hydrogen) atoms. The Hall–Kier alpha value is -2.48. The molecular weight excluding hydrogens is 304 g/mol. The Labute approximate surface area is 130 Å². The zero-order valence-electron chi connectivity index (χ0n) is 12.1. The zero-order chi connectivity index (χ0) is 15.5. The molecule has 0 N–H and O–H groups in total. The van der Waals surface area contributed by atoms with Gasteiger partial charge in [-0.25, -0.2) is 4.63 Å². The van der Waals surface area contributed by atoms with Gasteiger partial charge in [0.1, 0.15) is 11.4 Å². The van der Waals surface area contributed by atoms with Crippen LogP contribution >= 0.6 is 11.3 Å². The van der Waals surface area contributed by atoms with E-state index in [-0.39, 0.29) is 11.6 Å². The molecule has 0 saturated carbocycles. The number of nitrogens with zero attached hydrogens (tertiary/aromatic N) is 4. The molecule has 3 rings (SSSR count). The van der Waals surface area contributed by atoms with Gasteiger partial charge in [0.2, 0.25) is 0 Å². The maximum absolute atomic E-state index is 12.5. The molecule has 0 radical (unpaired) electrons. The van der Waals surface area contributed by atoms with Gasteiger partial charge in [0, 0.05) is 12.6 Å².